The van der Waals surface area contributed by atoms with Gasteiger partial charge in [-0.05, 0) is 81.3 Å². The van der Waals surface area contributed by atoms with Gasteiger partial charge in [-0.1, -0.05) is 19.1 Å². The Bertz CT molecular complexity index is 1390. The molecule has 9 nitrogen and oxygen atoms in total. The van der Waals surface area contributed by atoms with E-state index in [2.05, 4.69) is 10.1 Å². The lowest BCUT2D eigenvalue weighted by atomic mass is 9.98. The number of rotatable bonds is 9. The second-order valence-corrected chi connectivity index (χ2v) is 12.4. The lowest BCUT2D eigenvalue weighted by Gasteiger charge is -2.36. The van der Waals surface area contributed by atoms with Gasteiger partial charge in [-0.25, -0.2) is 13.2 Å². The summed E-state index contributed by atoms with van der Waals surface area (Å²) in [5, 5.41) is 11.7. The van der Waals surface area contributed by atoms with E-state index in [1.165, 1.54) is 24.3 Å². The van der Waals surface area contributed by atoms with Crippen molar-refractivity contribution in [2.45, 2.75) is 75.1 Å². The fourth-order valence-electron chi connectivity index (χ4n) is 4.41. The lowest BCUT2D eigenvalue weighted by molar-refractivity contribution is -0.242. The maximum absolute atomic E-state index is 13.9. The molecule has 0 spiro atoms. The molecule has 1 saturated carbocycles. The zero-order valence-electron chi connectivity index (χ0n) is 22.2. The number of carbonyl (C=O) groups excluding carboxylic acids is 1. The highest BCUT2D eigenvalue weighted by molar-refractivity contribution is 7.92. The Morgan fingerprint density at radius 2 is 1.88 bits per heavy atom. The van der Waals surface area contributed by atoms with E-state index in [9.17, 15) is 36.3 Å². The van der Waals surface area contributed by atoms with E-state index < -0.39 is 45.9 Å². The summed E-state index contributed by atoms with van der Waals surface area (Å²) in [6.07, 6.45) is -4.67. The number of nitrogens with one attached hydrogen (secondary N) is 1. The van der Waals surface area contributed by atoms with E-state index in [1.807, 2.05) is 6.07 Å². The lowest BCUT2D eigenvalue weighted by Crippen LogP contribution is -2.45. The van der Waals surface area contributed by atoms with E-state index in [0.29, 0.717) is 26.2 Å². The van der Waals surface area contributed by atoms with Crippen molar-refractivity contribution in [3.05, 3.63) is 48.0 Å². The highest BCUT2D eigenvalue weighted by atomic mass is 32.2. The smallest absolute Gasteiger partial charge is 0.427 e. The monoisotopic (exact) mass is 584 g/mol. The summed E-state index contributed by atoms with van der Waals surface area (Å²) in [6, 6.07) is 10.6. The van der Waals surface area contributed by atoms with Crippen molar-refractivity contribution >= 4 is 33.5 Å². The summed E-state index contributed by atoms with van der Waals surface area (Å²) in [5.41, 5.74) is -1.84. The number of anilines is 2. The molecule has 2 N–H and O–H groups in total. The molecule has 40 heavy (non-hydrogen) atoms. The molecule has 2 atom stereocenters. The zero-order chi connectivity index (χ0) is 29.5. The number of halogens is 3. The molecule has 2 aliphatic rings. The van der Waals surface area contributed by atoms with Crippen molar-refractivity contribution in [3.63, 3.8) is 0 Å². The van der Waals surface area contributed by atoms with E-state index in [0.717, 1.165) is 22.7 Å². The van der Waals surface area contributed by atoms with Crippen LogP contribution in [0.1, 0.15) is 57.9 Å². The van der Waals surface area contributed by atoms with Crippen LogP contribution >= 0.6 is 0 Å². The van der Waals surface area contributed by atoms with Crippen LogP contribution in [0.2, 0.25) is 0 Å². The zero-order valence-corrected chi connectivity index (χ0v) is 23.0. The maximum atomic E-state index is 13.9. The number of carbonyl (C=O) groups is 2. The number of ether oxygens (including phenoxy) is 2. The van der Waals surface area contributed by atoms with Crippen LogP contribution in [0.4, 0.5) is 29.3 Å². The first kappa shape index (κ1) is 29.5. The average Bonchev–Trinajstić information content (AvgIpc) is 3.71. The largest absolute Gasteiger partial charge is 0.486 e. The van der Waals surface area contributed by atoms with Gasteiger partial charge in [-0.2, -0.15) is 13.2 Å². The molecule has 1 aliphatic heterocycles. The third kappa shape index (κ3) is 6.29. The number of alkyl halides is 3. The summed E-state index contributed by atoms with van der Waals surface area (Å²) in [5.74, 6) is -1.37. The molecule has 2 unspecified atom stereocenters. The van der Waals surface area contributed by atoms with Gasteiger partial charge in [0.25, 0.3) is 10.0 Å². The van der Waals surface area contributed by atoms with Crippen LogP contribution in [-0.2, 0) is 19.6 Å². The first-order chi connectivity index (χ1) is 18.6. The summed E-state index contributed by atoms with van der Waals surface area (Å²) < 4.78 is 78.9. The number of hydrogen-bond donors (Lipinski definition) is 2. The van der Waals surface area contributed by atoms with Gasteiger partial charge in [-0.15, -0.1) is 0 Å². The molecule has 4 rings (SSSR count). The third-order valence-corrected chi connectivity index (χ3v) is 8.83. The van der Waals surface area contributed by atoms with Gasteiger partial charge >= 0.3 is 18.2 Å². The number of carboxylic acids is 1. The predicted octanol–water partition coefficient (Wildman–Crippen LogP) is 5.91. The van der Waals surface area contributed by atoms with Crippen LogP contribution < -0.4 is 14.4 Å². The Labute approximate surface area is 230 Å². The molecule has 1 fully saturated rings. The molecule has 13 heteroatoms. The number of nitrogens with zero attached hydrogens (tertiary/aromatic N) is 1. The molecule has 1 heterocycles. The van der Waals surface area contributed by atoms with Gasteiger partial charge in [0.05, 0.1) is 23.0 Å². The van der Waals surface area contributed by atoms with Crippen molar-refractivity contribution in [3.8, 4) is 5.75 Å². The topological polar surface area (TPSA) is 122 Å². The van der Waals surface area contributed by atoms with Gasteiger partial charge in [-0.3, -0.25) is 14.4 Å². The fraction of sp³-hybridized carbons (Fsp3) is 0.481. The first-order valence-electron chi connectivity index (χ1n) is 12.9. The fourth-order valence-corrected chi connectivity index (χ4v) is 5.96. The second kappa shape index (κ2) is 10.8. The summed E-state index contributed by atoms with van der Waals surface area (Å²) in [6.45, 7) is 2.92. The number of carboxylic acid groups (broad SMARTS) is 1. The van der Waals surface area contributed by atoms with Gasteiger partial charge < -0.3 is 14.6 Å². The van der Waals surface area contributed by atoms with E-state index in [4.69, 9.17) is 4.74 Å². The van der Waals surface area contributed by atoms with Crippen LogP contribution in [-0.4, -0.2) is 50.0 Å². The summed E-state index contributed by atoms with van der Waals surface area (Å²) in [7, 11) is -4.18. The van der Waals surface area contributed by atoms with Crippen molar-refractivity contribution in [2.75, 3.05) is 16.2 Å². The standard InChI is InChI=1S/C27H31F3N2O7S/c1-4-16(24(33)34)12-20-15-32(40(36,37)21-7-5-6-18(13-21)17-8-9-17)22-14-19(10-11-23(22)38-20)31-25(35)39-26(2,3)27(28,29)30/h5-7,10-11,13-14,16-17,20H,4,8-9,12,15H2,1-3H3,(H,31,35)(H,33,34). The Balaban J connectivity index is 1.68. The van der Waals surface area contributed by atoms with Gasteiger partial charge in [0.2, 0.25) is 5.60 Å². The minimum absolute atomic E-state index is 0.0207. The Hall–Kier alpha value is -3.48. The van der Waals surface area contributed by atoms with Crippen LogP contribution in [0.3, 0.4) is 0 Å². The predicted molar refractivity (Wildman–Crippen MR) is 140 cm³/mol. The summed E-state index contributed by atoms with van der Waals surface area (Å²) in [4.78, 5) is 24.0. The SMILES string of the molecule is CCC(CC1CN(S(=O)(=O)c2cccc(C3CC3)c2)c2cc(NC(=O)OC(C)(C)C(F)(F)F)ccc2O1)C(=O)O. The minimum Gasteiger partial charge on any atom is -0.486 e. The van der Waals surface area contributed by atoms with E-state index >= 15 is 0 Å². The number of aliphatic carboxylic acids is 1. The molecular weight excluding hydrogens is 553 g/mol. The highest BCUT2D eigenvalue weighted by Gasteiger charge is 2.51. The number of benzene rings is 2. The molecule has 0 radical (unpaired) electrons. The maximum Gasteiger partial charge on any atom is 0.427 e. The molecule has 0 bridgehead atoms. The Morgan fingerprint density at radius 1 is 1.18 bits per heavy atom. The van der Waals surface area contributed by atoms with Gasteiger partial charge in [0.1, 0.15) is 11.9 Å². The Kier molecular flexibility index (Phi) is 7.99. The normalized spacial score (nSPS) is 18.4. The van der Waals surface area contributed by atoms with Gasteiger partial charge in [0, 0.05) is 5.69 Å². The summed E-state index contributed by atoms with van der Waals surface area (Å²) >= 11 is 0. The number of amides is 1. The van der Waals surface area contributed by atoms with Crippen LogP contribution in [0.5, 0.6) is 5.75 Å². The van der Waals surface area contributed by atoms with Crippen molar-refractivity contribution in [1.29, 1.82) is 0 Å². The second-order valence-electron chi connectivity index (χ2n) is 10.5. The highest BCUT2D eigenvalue weighted by Crippen LogP contribution is 2.43. The van der Waals surface area contributed by atoms with Crippen LogP contribution in [0, 0.1) is 5.92 Å². The first-order valence-corrected chi connectivity index (χ1v) is 14.3. The van der Waals surface area contributed by atoms with Gasteiger partial charge in [0.15, 0.2) is 0 Å². The molecule has 1 aliphatic carbocycles. The van der Waals surface area contributed by atoms with Crippen LogP contribution in [0.15, 0.2) is 47.4 Å². The molecule has 0 aromatic heterocycles. The number of sulfonamides is 1. The van der Waals surface area contributed by atoms with Crippen molar-refractivity contribution in [1.82, 2.24) is 0 Å². The average molecular weight is 585 g/mol. The minimum atomic E-state index is -4.81. The molecule has 2 aromatic rings. The van der Waals surface area contributed by atoms with E-state index in [-0.39, 0.29) is 35.0 Å². The third-order valence-electron chi connectivity index (χ3n) is 7.05. The quantitative estimate of drug-likeness (QED) is 0.376. The van der Waals surface area contributed by atoms with Crippen LogP contribution in [0.25, 0.3) is 0 Å². The van der Waals surface area contributed by atoms with E-state index in [1.54, 1.807) is 19.1 Å². The molecule has 0 saturated heterocycles. The molecular formula is C27H31F3N2O7S. The number of fused-ring (bicyclic) bond motifs is 1. The van der Waals surface area contributed by atoms with Crippen molar-refractivity contribution in [2.24, 2.45) is 5.92 Å². The molecule has 2 aromatic carbocycles. The molecule has 218 valence electrons. The Morgan fingerprint density at radius 3 is 2.48 bits per heavy atom. The molecule has 1 amide bonds. The van der Waals surface area contributed by atoms with Crippen molar-refractivity contribution < 1.29 is 45.8 Å². The number of hydrogen-bond acceptors (Lipinski definition) is 6.